The molecular weight excluding hydrogens is 436 g/mol. The lowest BCUT2D eigenvalue weighted by molar-refractivity contribution is -0.198. The lowest BCUT2D eigenvalue weighted by Gasteiger charge is -2.59. The Morgan fingerprint density at radius 2 is 1.82 bits per heavy atom. The van der Waals surface area contributed by atoms with E-state index in [9.17, 15) is 24.3 Å². The zero-order chi connectivity index (χ0) is 24.9. The van der Waals surface area contributed by atoms with Crippen LogP contribution >= 0.6 is 0 Å². The molecule has 4 aliphatic carbocycles. The van der Waals surface area contributed by atoms with Crippen molar-refractivity contribution in [2.75, 3.05) is 6.61 Å². The van der Waals surface area contributed by atoms with Gasteiger partial charge in [-0.1, -0.05) is 39.8 Å². The van der Waals surface area contributed by atoms with E-state index in [1.54, 1.807) is 19.9 Å². The first-order valence-corrected chi connectivity index (χ1v) is 12.5. The molecule has 1 N–H and O–H groups in total. The molecular formula is C27H36O7. The number of ether oxygens (including phenoxy) is 2. The summed E-state index contributed by atoms with van der Waals surface area (Å²) in [7, 11) is 0. The number of allylic oxidation sites excluding steroid dienone is 4. The summed E-state index contributed by atoms with van der Waals surface area (Å²) in [5.41, 5.74) is -1.60. The maximum atomic E-state index is 13.6. The molecule has 0 unspecified atom stereocenters. The Labute approximate surface area is 200 Å². The van der Waals surface area contributed by atoms with E-state index in [-0.39, 0.29) is 41.8 Å². The normalized spacial score (nSPS) is 40.5. The van der Waals surface area contributed by atoms with Crippen LogP contribution in [-0.4, -0.2) is 46.9 Å². The molecule has 0 aromatic carbocycles. The zero-order valence-corrected chi connectivity index (χ0v) is 20.6. The van der Waals surface area contributed by atoms with Gasteiger partial charge in [0.15, 0.2) is 18.0 Å². The molecule has 0 saturated heterocycles. The molecule has 4 rings (SSSR count). The van der Waals surface area contributed by atoms with E-state index in [0.29, 0.717) is 32.1 Å². The minimum Gasteiger partial charge on any atom is -0.457 e. The zero-order valence-electron chi connectivity index (χ0n) is 20.6. The SMILES string of the molecule is CCC(=O)OCC(=O)[C@]1(OC(=O)CC)CC[C@H]2[C@@H]3C=CC4=CC(=O)CC[C@]4(C)[C@H]3[C@@H](O)C[C@@]21C. The first kappa shape index (κ1) is 24.8. The number of carbonyl (C=O) groups is 4. The van der Waals surface area contributed by atoms with Gasteiger partial charge in [0.25, 0.3) is 0 Å². The summed E-state index contributed by atoms with van der Waals surface area (Å²) in [6, 6.07) is 0. The average Bonchev–Trinajstić information content (AvgIpc) is 3.09. The molecule has 7 heteroatoms. The number of carbonyl (C=O) groups excluding carboxylic acids is 4. The van der Waals surface area contributed by atoms with E-state index in [1.807, 2.05) is 13.0 Å². The monoisotopic (exact) mass is 472 g/mol. The van der Waals surface area contributed by atoms with Crippen LogP contribution in [0.25, 0.3) is 0 Å². The van der Waals surface area contributed by atoms with Crippen LogP contribution in [0.5, 0.6) is 0 Å². The molecule has 0 aromatic heterocycles. The quantitative estimate of drug-likeness (QED) is 0.590. The molecule has 0 spiro atoms. The van der Waals surface area contributed by atoms with Crippen molar-refractivity contribution < 1.29 is 33.8 Å². The predicted octanol–water partition coefficient (Wildman–Crippen LogP) is 3.48. The Morgan fingerprint density at radius 1 is 1.12 bits per heavy atom. The number of rotatable bonds is 6. The standard InChI is InChI=1S/C27H36O7/c1-5-22(31)33-15-21(30)27(34-23(32)6-2)12-10-19-18-8-7-16-13-17(28)9-11-25(16,3)24(18)20(29)14-26(19,27)4/h7-8,13,18-20,24,29H,5-6,9-12,14-15H2,1-4H3/t18-,19-,20-,24+,25-,26-,27+/m0/s1. The van der Waals surface area contributed by atoms with Crippen molar-refractivity contribution in [2.45, 2.75) is 84.3 Å². The Balaban J connectivity index is 1.73. The second-order valence-electron chi connectivity index (χ2n) is 10.9. The highest BCUT2D eigenvalue weighted by Gasteiger charge is 2.70. The number of fused-ring (bicyclic) bond motifs is 5. The van der Waals surface area contributed by atoms with Gasteiger partial charge in [-0.15, -0.1) is 0 Å². The maximum absolute atomic E-state index is 13.6. The summed E-state index contributed by atoms with van der Waals surface area (Å²) in [5.74, 6) is -1.36. The van der Waals surface area contributed by atoms with Crippen LogP contribution in [0, 0.1) is 28.6 Å². The summed E-state index contributed by atoms with van der Waals surface area (Å²) in [4.78, 5) is 49.9. The van der Waals surface area contributed by atoms with E-state index < -0.39 is 41.4 Å². The van der Waals surface area contributed by atoms with Gasteiger partial charge in [-0.3, -0.25) is 19.2 Å². The Hall–Kier alpha value is -2.28. The molecule has 7 nitrogen and oxygen atoms in total. The number of hydrogen-bond donors (Lipinski definition) is 1. The van der Waals surface area contributed by atoms with E-state index in [0.717, 1.165) is 5.57 Å². The predicted molar refractivity (Wildman–Crippen MR) is 123 cm³/mol. The molecule has 0 amide bonds. The van der Waals surface area contributed by atoms with Crippen molar-refractivity contribution >= 4 is 23.5 Å². The van der Waals surface area contributed by atoms with Gasteiger partial charge in [-0.2, -0.15) is 0 Å². The molecule has 2 saturated carbocycles. The number of aliphatic hydroxyl groups is 1. The number of aliphatic hydroxyl groups excluding tert-OH is 1. The highest BCUT2D eigenvalue weighted by atomic mass is 16.6. The maximum Gasteiger partial charge on any atom is 0.306 e. The minimum absolute atomic E-state index is 0.00337. The Kier molecular flexibility index (Phi) is 6.38. The van der Waals surface area contributed by atoms with E-state index in [4.69, 9.17) is 9.47 Å². The van der Waals surface area contributed by atoms with Crippen LogP contribution in [0.15, 0.2) is 23.8 Å². The molecule has 4 aliphatic rings. The summed E-state index contributed by atoms with van der Waals surface area (Å²) in [6.45, 7) is 6.97. The van der Waals surface area contributed by atoms with Gasteiger partial charge >= 0.3 is 11.9 Å². The lowest BCUT2D eigenvalue weighted by atomic mass is 9.47. The molecule has 0 heterocycles. The van der Waals surface area contributed by atoms with Gasteiger partial charge in [0.1, 0.15) is 0 Å². The molecule has 0 aromatic rings. The third-order valence-corrected chi connectivity index (χ3v) is 9.26. The highest BCUT2D eigenvalue weighted by molar-refractivity contribution is 5.93. The van der Waals surface area contributed by atoms with Crippen LogP contribution in [0.2, 0.25) is 0 Å². The van der Waals surface area contributed by atoms with Crippen LogP contribution < -0.4 is 0 Å². The fraction of sp³-hybridized carbons (Fsp3) is 0.704. The third kappa shape index (κ3) is 3.58. The van der Waals surface area contributed by atoms with Gasteiger partial charge in [-0.05, 0) is 54.6 Å². The molecule has 0 aliphatic heterocycles. The largest absolute Gasteiger partial charge is 0.457 e. The molecule has 0 radical (unpaired) electrons. The number of hydrogen-bond acceptors (Lipinski definition) is 7. The smallest absolute Gasteiger partial charge is 0.306 e. The Morgan fingerprint density at radius 3 is 2.50 bits per heavy atom. The number of Topliss-reactive ketones (excluding diaryl/α,β-unsaturated/α-hetero) is 1. The van der Waals surface area contributed by atoms with E-state index >= 15 is 0 Å². The molecule has 2 fully saturated rings. The molecule has 7 atom stereocenters. The van der Waals surface area contributed by atoms with Crippen LogP contribution in [0.4, 0.5) is 0 Å². The average molecular weight is 473 g/mol. The van der Waals surface area contributed by atoms with E-state index in [1.165, 1.54) is 0 Å². The summed E-state index contributed by atoms with van der Waals surface area (Å²) in [6.07, 6.45) is 7.80. The third-order valence-electron chi connectivity index (χ3n) is 9.26. The number of ketones is 2. The van der Waals surface area contributed by atoms with Gasteiger partial charge in [0, 0.05) is 30.6 Å². The first-order valence-electron chi connectivity index (χ1n) is 12.5. The second kappa shape index (κ2) is 8.74. The minimum atomic E-state index is -1.45. The van der Waals surface area contributed by atoms with Gasteiger partial charge < -0.3 is 14.6 Å². The number of esters is 2. The Bertz CT molecular complexity index is 964. The topological polar surface area (TPSA) is 107 Å². The lowest BCUT2D eigenvalue weighted by Crippen LogP contribution is -2.62. The first-order chi connectivity index (χ1) is 16.0. The van der Waals surface area contributed by atoms with Crippen molar-refractivity contribution in [2.24, 2.45) is 28.6 Å². The summed E-state index contributed by atoms with van der Waals surface area (Å²) < 4.78 is 11.1. The van der Waals surface area contributed by atoms with Crippen molar-refractivity contribution in [1.82, 2.24) is 0 Å². The summed E-state index contributed by atoms with van der Waals surface area (Å²) in [5, 5.41) is 11.6. The molecule has 34 heavy (non-hydrogen) atoms. The fourth-order valence-electron chi connectivity index (χ4n) is 7.43. The van der Waals surface area contributed by atoms with Gasteiger partial charge in [-0.25, -0.2) is 0 Å². The second-order valence-corrected chi connectivity index (χ2v) is 10.9. The fourth-order valence-corrected chi connectivity index (χ4v) is 7.43. The van der Waals surface area contributed by atoms with Crippen LogP contribution in [-0.2, 0) is 28.7 Å². The van der Waals surface area contributed by atoms with E-state index in [2.05, 4.69) is 13.0 Å². The van der Waals surface area contributed by atoms with Crippen molar-refractivity contribution in [1.29, 1.82) is 0 Å². The molecule has 0 bridgehead atoms. The molecule has 186 valence electrons. The summed E-state index contributed by atoms with van der Waals surface area (Å²) >= 11 is 0. The van der Waals surface area contributed by atoms with Crippen molar-refractivity contribution in [3.05, 3.63) is 23.8 Å². The van der Waals surface area contributed by atoms with Crippen LogP contribution in [0.3, 0.4) is 0 Å². The van der Waals surface area contributed by atoms with Crippen molar-refractivity contribution in [3.8, 4) is 0 Å². The van der Waals surface area contributed by atoms with Crippen LogP contribution in [0.1, 0.15) is 72.6 Å². The highest BCUT2D eigenvalue weighted by Crippen LogP contribution is 2.67. The van der Waals surface area contributed by atoms with Gasteiger partial charge in [0.05, 0.1) is 6.10 Å². The van der Waals surface area contributed by atoms with Crippen molar-refractivity contribution in [3.63, 3.8) is 0 Å². The van der Waals surface area contributed by atoms with Gasteiger partial charge in [0.2, 0.25) is 5.78 Å².